The first-order chi connectivity index (χ1) is 10.3. The molecule has 0 aromatic heterocycles. The van der Waals surface area contributed by atoms with E-state index in [1.807, 2.05) is 0 Å². The monoisotopic (exact) mass is 300 g/mol. The van der Waals surface area contributed by atoms with Crippen molar-refractivity contribution in [1.82, 2.24) is 0 Å². The van der Waals surface area contributed by atoms with Crippen LogP contribution in [-0.2, 0) is 0 Å². The molecule has 22 heavy (non-hydrogen) atoms. The van der Waals surface area contributed by atoms with Crippen molar-refractivity contribution < 1.29 is 5.11 Å². The van der Waals surface area contributed by atoms with Crippen LogP contribution in [0.1, 0.15) is 59.8 Å². The van der Waals surface area contributed by atoms with E-state index in [2.05, 4.69) is 40.3 Å². The van der Waals surface area contributed by atoms with Crippen LogP contribution in [0.5, 0.6) is 0 Å². The van der Waals surface area contributed by atoms with Gasteiger partial charge >= 0.3 is 0 Å². The number of hydrogen-bond donors (Lipinski definition) is 1. The van der Waals surface area contributed by atoms with E-state index < -0.39 is 0 Å². The van der Waals surface area contributed by atoms with Crippen LogP contribution in [0, 0.1) is 39.9 Å². The molecule has 6 unspecified atom stereocenters. The predicted octanol–water partition coefficient (Wildman–Crippen LogP) is 4.97. The molecular formula is C21H32O. The molecule has 3 fully saturated rings. The highest BCUT2D eigenvalue weighted by Gasteiger charge is 2.72. The summed E-state index contributed by atoms with van der Waals surface area (Å²) in [5.41, 5.74) is 4.07. The lowest BCUT2D eigenvalue weighted by atomic mass is 9.48. The molecule has 4 rings (SSSR count). The van der Waals surface area contributed by atoms with Crippen molar-refractivity contribution in [2.45, 2.75) is 59.8 Å². The Labute approximate surface area is 135 Å². The molecule has 0 aromatic rings. The van der Waals surface area contributed by atoms with Crippen molar-refractivity contribution in [3.8, 4) is 0 Å². The van der Waals surface area contributed by atoms with Crippen LogP contribution in [0.15, 0.2) is 23.8 Å². The molecule has 0 bridgehead atoms. The van der Waals surface area contributed by atoms with Crippen LogP contribution < -0.4 is 0 Å². The molecular weight excluding hydrogens is 268 g/mol. The first-order valence-electron chi connectivity index (χ1n) is 9.32. The van der Waals surface area contributed by atoms with E-state index in [1.54, 1.807) is 5.57 Å². The maximum Gasteiger partial charge on any atom is 0.0467 e. The smallest absolute Gasteiger partial charge is 0.0467 e. The van der Waals surface area contributed by atoms with E-state index in [9.17, 15) is 5.11 Å². The minimum atomic E-state index is 0.280. The zero-order valence-corrected chi connectivity index (χ0v) is 14.8. The summed E-state index contributed by atoms with van der Waals surface area (Å²) in [6.45, 7) is 14.7. The molecule has 1 N–H and O–H groups in total. The predicted molar refractivity (Wildman–Crippen MR) is 91.3 cm³/mol. The normalized spacial score (nSPS) is 52.2. The molecule has 0 radical (unpaired) electrons. The Hall–Kier alpha value is -0.560. The summed E-state index contributed by atoms with van der Waals surface area (Å²) in [5.74, 6) is 2.69. The number of aliphatic hydroxyl groups is 1. The standard InChI is InChI=1S/C21H32O/c1-13-11-16-20(5,18-17(13)19(18,3)4)14(2)8-10-21(16)9-6-7-15(21)12-22/h11,14-15,17-18,22H,1,6-10,12H2,2-5H3. The molecule has 0 aliphatic heterocycles. The second-order valence-corrected chi connectivity index (χ2v) is 9.56. The second kappa shape index (κ2) is 4.29. The second-order valence-electron chi connectivity index (χ2n) is 9.56. The fourth-order valence-corrected chi connectivity index (χ4v) is 7.30. The summed E-state index contributed by atoms with van der Waals surface area (Å²) in [4.78, 5) is 0. The number of aliphatic hydroxyl groups excluding tert-OH is 1. The zero-order chi connectivity index (χ0) is 15.9. The van der Waals surface area contributed by atoms with Gasteiger partial charge in [-0.25, -0.2) is 0 Å². The van der Waals surface area contributed by atoms with Gasteiger partial charge in [0.25, 0.3) is 0 Å². The number of fused-ring (bicyclic) bond motifs is 4. The molecule has 0 aromatic carbocycles. The van der Waals surface area contributed by atoms with Crippen molar-refractivity contribution in [3.05, 3.63) is 23.8 Å². The summed E-state index contributed by atoms with van der Waals surface area (Å²) < 4.78 is 0. The van der Waals surface area contributed by atoms with E-state index >= 15 is 0 Å². The molecule has 0 saturated heterocycles. The van der Waals surface area contributed by atoms with Crippen LogP contribution in [0.3, 0.4) is 0 Å². The van der Waals surface area contributed by atoms with E-state index in [1.165, 1.54) is 37.7 Å². The van der Waals surface area contributed by atoms with Gasteiger partial charge in [-0.05, 0) is 65.6 Å². The SMILES string of the molecule is C=C1C=C2C3(CCCC3CO)CCC(C)C2(C)C2C1C2(C)C. The fourth-order valence-electron chi connectivity index (χ4n) is 7.30. The first kappa shape index (κ1) is 15.0. The Morgan fingerprint density at radius 3 is 2.64 bits per heavy atom. The van der Waals surface area contributed by atoms with Crippen molar-refractivity contribution in [2.24, 2.45) is 39.9 Å². The van der Waals surface area contributed by atoms with Crippen LogP contribution >= 0.6 is 0 Å². The lowest BCUT2D eigenvalue weighted by Gasteiger charge is -2.56. The van der Waals surface area contributed by atoms with E-state index in [-0.39, 0.29) is 5.41 Å². The fraction of sp³-hybridized carbons (Fsp3) is 0.810. The number of hydrogen-bond acceptors (Lipinski definition) is 1. The maximum atomic E-state index is 10.0. The lowest BCUT2D eigenvalue weighted by Crippen LogP contribution is -2.48. The number of allylic oxidation sites excluding steroid dienone is 3. The quantitative estimate of drug-likeness (QED) is 0.725. The Morgan fingerprint density at radius 2 is 1.95 bits per heavy atom. The molecule has 0 heterocycles. The highest BCUT2D eigenvalue weighted by atomic mass is 16.3. The lowest BCUT2D eigenvalue weighted by molar-refractivity contribution is 0.0303. The van der Waals surface area contributed by atoms with Crippen LogP contribution in [0.4, 0.5) is 0 Å². The van der Waals surface area contributed by atoms with Gasteiger partial charge in [0.15, 0.2) is 0 Å². The highest BCUT2D eigenvalue weighted by Crippen LogP contribution is 2.78. The molecule has 0 amide bonds. The zero-order valence-electron chi connectivity index (χ0n) is 14.8. The molecule has 1 spiro atoms. The Kier molecular flexibility index (Phi) is 2.92. The average molecular weight is 300 g/mol. The van der Waals surface area contributed by atoms with Crippen LogP contribution in [-0.4, -0.2) is 11.7 Å². The van der Waals surface area contributed by atoms with Gasteiger partial charge < -0.3 is 5.11 Å². The maximum absolute atomic E-state index is 10.0. The molecule has 4 aliphatic rings. The van der Waals surface area contributed by atoms with Gasteiger partial charge in [0.1, 0.15) is 0 Å². The Bertz CT molecular complexity index is 556. The molecule has 3 saturated carbocycles. The summed E-state index contributed by atoms with van der Waals surface area (Å²) >= 11 is 0. The molecule has 122 valence electrons. The van der Waals surface area contributed by atoms with Crippen molar-refractivity contribution >= 4 is 0 Å². The van der Waals surface area contributed by atoms with Gasteiger partial charge in [-0.2, -0.15) is 0 Å². The van der Waals surface area contributed by atoms with Crippen molar-refractivity contribution in [1.29, 1.82) is 0 Å². The Balaban J connectivity index is 1.87. The van der Waals surface area contributed by atoms with E-state index in [0.717, 1.165) is 11.8 Å². The van der Waals surface area contributed by atoms with Crippen LogP contribution in [0.2, 0.25) is 0 Å². The average Bonchev–Trinajstić information content (AvgIpc) is 2.88. The summed E-state index contributed by atoms with van der Waals surface area (Å²) in [6, 6.07) is 0. The van der Waals surface area contributed by atoms with E-state index in [4.69, 9.17) is 0 Å². The van der Waals surface area contributed by atoms with E-state index in [0.29, 0.717) is 29.3 Å². The molecule has 1 heteroatoms. The van der Waals surface area contributed by atoms with Gasteiger partial charge in [-0.1, -0.05) is 57.9 Å². The molecule has 6 atom stereocenters. The summed E-state index contributed by atoms with van der Waals surface area (Å²) in [6.07, 6.45) is 8.90. The Morgan fingerprint density at radius 1 is 1.23 bits per heavy atom. The van der Waals surface area contributed by atoms with Gasteiger partial charge in [0, 0.05) is 6.61 Å². The largest absolute Gasteiger partial charge is 0.396 e. The van der Waals surface area contributed by atoms with Gasteiger partial charge in [-0.15, -0.1) is 0 Å². The third kappa shape index (κ3) is 1.50. The van der Waals surface area contributed by atoms with Crippen molar-refractivity contribution in [2.75, 3.05) is 6.61 Å². The van der Waals surface area contributed by atoms with Gasteiger partial charge in [0.2, 0.25) is 0 Å². The van der Waals surface area contributed by atoms with Crippen molar-refractivity contribution in [3.63, 3.8) is 0 Å². The third-order valence-corrected chi connectivity index (χ3v) is 8.54. The molecule has 4 aliphatic carbocycles. The van der Waals surface area contributed by atoms with Crippen LogP contribution in [0.25, 0.3) is 0 Å². The third-order valence-electron chi connectivity index (χ3n) is 8.54. The van der Waals surface area contributed by atoms with Gasteiger partial charge in [-0.3, -0.25) is 0 Å². The molecule has 1 nitrogen and oxygen atoms in total. The summed E-state index contributed by atoms with van der Waals surface area (Å²) in [7, 11) is 0. The summed E-state index contributed by atoms with van der Waals surface area (Å²) in [5, 5.41) is 10.0. The highest BCUT2D eigenvalue weighted by molar-refractivity contribution is 5.47. The minimum Gasteiger partial charge on any atom is -0.396 e. The van der Waals surface area contributed by atoms with Gasteiger partial charge in [0.05, 0.1) is 0 Å². The number of rotatable bonds is 1. The minimum absolute atomic E-state index is 0.280. The topological polar surface area (TPSA) is 20.2 Å². The first-order valence-corrected chi connectivity index (χ1v) is 9.32.